The number of amidine groups is 1. The molecule has 1 aliphatic carbocycles. The van der Waals surface area contributed by atoms with E-state index in [1.54, 1.807) is 0 Å². The Balaban J connectivity index is 1.37. The first-order valence-electron chi connectivity index (χ1n) is 12.9. The van der Waals surface area contributed by atoms with E-state index in [1.807, 2.05) is 60.7 Å². The lowest BCUT2D eigenvalue weighted by molar-refractivity contribution is -0.123. The maximum atomic E-state index is 13.5. The van der Waals surface area contributed by atoms with Gasteiger partial charge in [-0.2, -0.15) is 0 Å². The van der Waals surface area contributed by atoms with Crippen molar-refractivity contribution >= 4 is 51.1 Å². The normalized spacial score (nSPS) is 14.5. The van der Waals surface area contributed by atoms with Crippen molar-refractivity contribution in [1.29, 1.82) is 0 Å². The van der Waals surface area contributed by atoms with Crippen LogP contribution in [0.25, 0.3) is 21.8 Å². The van der Waals surface area contributed by atoms with Crippen LogP contribution in [0.2, 0.25) is 0 Å². The average molecular weight is 531 g/mol. The Labute approximate surface area is 226 Å². The van der Waals surface area contributed by atoms with Crippen LogP contribution in [-0.4, -0.2) is 46.1 Å². The number of hydrogen-bond donors (Lipinski definition) is 4. The summed E-state index contributed by atoms with van der Waals surface area (Å²) in [6.07, 6.45) is 3.07. The standard InChI is InChI=1S/C29H31ClN6O2/c30-16-25(31)32-14-6-11-23(28(37)33-17-18-7-2-1-3-8-18)36-29(38)24-15-21-20-9-4-5-10-22(20)34-27(21)26(35-24)19-12-13-19/h1-5,7-10,15,19,23,34H,6,11-14,16-17H2,(H2,31,32)(H,33,37)(H,36,38)/t23-/m0/s1. The first-order valence-corrected chi connectivity index (χ1v) is 13.5. The molecule has 0 spiro atoms. The summed E-state index contributed by atoms with van der Waals surface area (Å²) in [5.41, 5.74) is 9.90. The molecule has 196 valence electrons. The molecule has 0 aliphatic heterocycles. The number of alkyl halides is 1. The molecular formula is C29H31ClN6O2. The molecule has 9 heteroatoms. The van der Waals surface area contributed by atoms with Crippen LogP contribution in [0.1, 0.15) is 53.3 Å². The first kappa shape index (κ1) is 25.7. The summed E-state index contributed by atoms with van der Waals surface area (Å²) in [6.45, 7) is 0.789. The summed E-state index contributed by atoms with van der Waals surface area (Å²) >= 11 is 5.70. The number of benzene rings is 2. The molecule has 0 radical (unpaired) electrons. The molecular weight excluding hydrogens is 500 g/mol. The van der Waals surface area contributed by atoms with Crippen LogP contribution in [0, 0.1) is 0 Å². The molecule has 4 aromatic rings. The van der Waals surface area contributed by atoms with E-state index in [0.717, 1.165) is 45.9 Å². The van der Waals surface area contributed by atoms with E-state index in [0.29, 0.717) is 43.4 Å². The van der Waals surface area contributed by atoms with Crippen LogP contribution in [0.4, 0.5) is 0 Å². The number of carbonyl (C=O) groups is 2. The van der Waals surface area contributed by atoms with Gasteiger partial charge >= 0.3 is 0 Å². The van der Waals surface area contributed by atoms with Crippen LogP contribution in [0.5, 0.6) is 0 Å². The van der Waals surface area contributed by atoms with Crippen molar-refractivity contribution in [2.75, 3.05) is 12.4 Å². The molecule has 0 bridgehead atoms. The number of aliphatic imine (C=N–C) groups is 1. The molecule has 38 heavy (non-hydrogen) atoms. The van der Waals surface area contributed by atoms with Gasteiger partial charge in [0.25, 0.3) is 5.91 Å². The lowest BCUT2D eigenvalue weighted by Crippen LogP contribution is -2.46. The predicted octanol–water partition coefficient (Wildman–Crippen LogP) is 4.38. The number of aromatic nitrogens is 2. The molecule has 1 saturated carbocycles. The number of nitrogens with two attached hydrogens (primary N) is 1. The largest absolute Gasteiger partial charge is 0.386 e. The third kappa shape index (κ3) is 5.97. The molecule has 8 nitrogen and oxygen atoms in total. The van der Waals surface area contributed by atoms with Gasteiger partial charge in [0.1, 0.15) is 17.6 Å². The molecule has 1 fully saturated rings. The third-order valence-corrected chi connectivity index (χ3v) is 7.03. The highest BCUT2D eigenvalue weighted by Crippen LogP contribution is 2.43. The number of carbonyl (C=O) groups excluding carboxylic acids is 2. The first-order chi connectivity index (χ1) is 18.5. The number of rotatable bonds is 11. The van der Waals surface area contributed by atoms with Gasteiger partial charge in [0.05, 0.1) is 17.1 Å². The zero-order valence-electron chi connectivity index (χ0n) is 21.0. The van der Waals surface area contributed by atoms with Crippen molar-refractivity contribution in [1.82, 2.24) is 20.6 Å². The minimum absolute atomic E-state index is 0.156. The fourth-order valence-electron chi connectivity index (χ4n) is 4.61. The van der Waals surface area contributed by atoms with Crippen LogP contribution in [0.15, 0.2) is 65.7 Å². The quantitative estimate of drug-likeness (QED) is 0.0993. The van der Waals surface area contributed by atoms with Crippen molar-refractivity contribution in [2.45, 2.75) is 44.2 Å². The second-order valence-electron chi connectivity index (χ2n) is 9.64. The number of hydrogen-bond acceptors (Lipinski definition) is 4. The molecule has 2 amide bonds. The van der Waals surface area contributed by atoms with E-state index < -0.39 is 6.04 Å². The molecule has 2 aromatic carbocycles. The monoisotopic (exact) mass is 530 g/mol. The fraction of sp³-hybridized carbons (Fsp3) is 0.310. The van der Waals surface area contributed by atoms with Crippen molar-refractivity contribution in [3.63, 3.8) is 0 Å². The van der Waals surface area contributed by atoms with Crippen LogP contribution in [-0.2, 0) is 11.3 Å². The molecule has 1 atom stereocenters. The number of fused-ring (bicyclic) bond motifs is 3. The van der Waals surface area contributed by atoms with Crippen molar-refractivity contribution in [2.24, 2.45) is 10.7 Å². The summed E-state index contributed by atoms with van der Waals surface area (Å²) in [4.78, 5) is 39.1. The third-order valence-electron chi connectivity index (χ3n) is 6.76. The van der Waals surface area contributed by atoms with Crippen LogP contribution >= 0.6 is 11.6 Å². The van der Waals surface area contributed by atoms with Gasteiger partial charge in [-0.1, -0.05) is 48.5 Å². The lowest BCUT2D eigenvalue weighted by atomic mass is 10.1. The summed E-state index contributed by atoms with van der Waals surface area (Å²) in [7, 11) is 0. The van der Waals surface area contributed by atoms with E-state index in [2.05, 4.69) is 20.6 Å². The Morgan fingerprint density at radius 3 is 2.63 bits per heavy atom. The Bertz CT molecular complexity index is 1480. The highest BCUT2D eigenvalue weighted by atomic mass is 35.5. The van der Waals surface area contributed by atoms with Crippen molar-refractivity contribution < 1.29 is 9.59 Å². The summed E-state index contributed by atoms with van der Waals surface area (Å²) < 4.78 is 0. The Hall–Kier alpha value is -3.91. The molecule has 0 unspecified atom stereocenters. The zero-order valence-corrected chi connectivity index (χ0v) is 21.8. The maximum Gasteiger partial charge on any atom is 0.270 e. The van der Waals surface area contributed by atoms with E-state index in [9.17, 15) is 9.59 Å². The van der Waals surface area contributed by atoms with E-state index >= 15 is 0 Å². The van der Waals surface area contributed by atoms with Gasteiger partial charge in [0, 0.05) is 35.3 Å². The summed E-state index contributed by atoms with van der Waals surface area (Å²) in [5.74, 6) is 0.219. The Morgan fingerprint density at radius 2 is 1.87 bits per heavy atom. The number of nitrogens with zero attached hydrogens (tertiary/aromatic N) is 2. The molecule has 2 heterocycles. The van der Waals surface area contributed by atoms with Gasteiger partial charge in [-0.15, -0.1) is 11.6 Å². The van der Waals surface area contributed by atoms with E-state index in [-0.39, 0.29) is 17.7 Å². The summed E-state index contributed by atoms with van der Waals surface area (Å²) in [6, 6.07) is 18.8. The number of aromatic amines is 1. The number of H-pyrrole nitrogens is 1. The second-order valence-corrected chi connectivity index (χ2v) is 9.91. The number of halogens is 1. The van der Waals surface area contributed by atoms with Gasteiger partial charge in [-0.25, -0.2) is 4.98 Å². The summed E-state index contributed by atoms with van der Waals surface area (Å²) in [5, 5.41) is 7.90. The SMILES string of the molecule is NC(CCl)=NCCC[C@H](NC(=O)c1cc2c([nH]c3ccccc32)c(C2CC2)n1)C(=O)NCc1ccccc1. The molecule has 1 aliphatic rings. The minimum Gasteiger partial charge on any atom is -0.386 e. The number of amides is 2. The minimum atomic E-state index is -0.747. The molecule has 5 rings (SSSR count). The lowest BCUT2D eigenvalue weighted by Gasteiger charge is -2.18. The Kier molecular flexibility index (Phi) is 7.89. The number of pyridine rings is 1. The van der Waals surface area contributed by atoms with E-state index in [1.165, 1.54) is 0 Å². The van der Waals surface area contributed by atoms with Gasteiger partial charge < -0.3 is 21.4 Å². The van der Waals surface area contributed by atoms with Gasteiger partial charge in [0.2, 0.25) is 5.91 Å². The van der Waals surface area contributed by atoms with Crippen molar-refractivity contribution in [3.8, 4) is 0 Å². The fourth-order valence-corrected chi connectivity index (χ4v) is 4.69. The highest BCUT2D eigenvalue weighted by molar-refractivity contribution is 6.27. The van der Waals surface area contributed by atoms with Gasteiger partial charge in [-0.3, -0.25) is 14.6 Å². The Morgan fingerprint density at radius 1 is 1.11 bits per heavy atom. The highest BCUT2D eigenvalue weighted by Gasteiger charge is 2.30. The smallest absolute Gasteiger partial charge is 0.270 e. The zero-order chi connectivity index (χ0) is 26.5. The van der Waals surface area contributed by atoms with Gasteiger partial charge in [-0.05, 0) is 43.4 Å². The van der Waals surface area contributed by atoms with Crippen LogP contribution < -0.4 is 16.4 Å². The maximum absolute atomic E-state index is 13.5. The van der Waals surface area contributed by atoms with Gasteiger partial charge in [0.15, 0.2) is 0 Å². The van der Waals surface area contributed by atoms with Crippen LogP contribution in [0.3, 0.4) is 0 Å². The molecule has 0 saturated heterocycles. The van der Waals surface area contributed by atoms with E-state index in [4.69, 9.17) is 22.3 Å². The topological polar surface area (TPSA) is 125 Å². The molecule has 5 N–H and O–H groups in total. The number of nitrogens with one attached hydrogen (secondary N) is 3. The van der Waals surface area contributed by atoms with Crippen molar-refractivity contribution in [3.05, 3.63) is 77.6 Å². The molecule has 2 aromatic heterocycles. The second kappa shape index (κ2) is 11.6. The average Bonchev–Trinajstić information content (AvgIpc) is 3.73. The number of para-hydroxylation sites is 1. The predicted molar refractivity (Wildman–Crippen MR) is 152 cm³/mol.